The molecule has 0 atom stereocenters. The van der Waals surface area contributed by atoms with Gasteiger partial charge in [0.1, 0.15) is 0 Å². The van der Waals surface area contributed by atoms with Crippen LogP contribution in [0.1, 0.15) is 45.2 Å². The summed E-state index contributed by atoms with van der Waals surface area (Å²) >= 11 is 0. The third kappa shape index (κ3) is 4.26. The number of para-hydroxylation sites is 2. The van der Waals surface area contributed by atoms with Gasteiger partial charge < -0.3 is 9.47 Å². The molecule has 0 N–H and O–H groups in total. The van der Waals surface area contributed by atoms with Gasteiger partial charge in [-0.25, -0.2) is 0 Å². The van der Waals surface area contributed by atoms with Crippen LogP contribution in [-0.4, -0.2) is 4.57 Å². The molecule has 6 aromatic rings. The van der Waals surface area contributed by atoms with Gasteiger partial charge in [0, 0.05) is 44.9 Å². The fourth-order valence-electron chi connectivity index (χ4n) is 5.57. The number of aromatic nitrogens is 1. The van der Waals surface area contributed by atoms with E-state index in [1.54, 1.807) is 0 Å². The smallest absolute Gasteiger partial charge is 0.0500 e. The molecule has 0 bridgehead atoms. The van der Waals surface area contributed by atoms with Crippen LogP contribution < -0.4 is 4.90 Å². The lowest BCUT2D eigenvalue weighted by atomic mass is 10.0. The molecule has 5 aromatic carbocycles. The molecule has 6 rings (SSSR count). The lowest BCUT2D eigenvalue weighted by Gasteiger charge is -2.26. The summed E-state index contributed by atoms with van der Waals surface area (Å²) in [7, 11) is 0. The lowest BCUT2D eigenvalue weighted by Crippen LogP contribution is -2.09. The molecule has 0 aliphatic rings. The van der Waals surface area contributed by atoms with Crippen LogP contribution >= 0.6 is 0 Å². The molecule has 188 valence electrons. The second-order valence-electron chi connectivity index (χ2n) is 10.7. The number of hydrogen-bond acceptors (Lipinski definition) is 1. The minimum Gasteiger partial charge on any atom is -0.338 e. The van der Waals surface area contributed by atoms with E-state index in [0.29, 0.717) is 12.0 Å². The van der Waals surface area contributed by atoms with Gasteiger partial charge in [0.25, 0.3) is 0 Å². The largest absolute Gasteiger partial charge is 0.338 e. The summed E-state index contributed by atoms with van der Waals surface area (Å²) < 4.78 is 2.46. The van der Waals surface area contributed by atoms with E-state index in [2.05, 4.69) is 158 Å². The number of nitrogens with zero attached hydrogens (tertiary/aromatic N) is 2. The molecule has 1 heterocycles. The zero-order valence-corrected chi connectivity index (χ0v) is 22.6. The first-order chi connectivity index (χ1) is 18.5. The van der Waals surface area contributed by atoms with Crippen molar-refractivity contribution in [2.75, 3.05) is 4.90 Å². The number of fused-ring (bicyclic) bond motifs is 3. The summed E-state index contributed by atoms with van der Waals surface area (Å²) in [6.45, 7) is 9.00. The number of hydrogen-bond donors (Lipinski definition) is 0. The second kappa shape index (κ2) is 9.87. The van der Waals surface area contributed by atoms with E-state index in [1.165, 1.54) is 38.5 Å². The van der Waals surface area contributed by atoms with Crippen LogP contribution in [0.2, 0.25) is 0 Å². The Morgan fingerprint density at radius 2 is 1.05 bits per heavy atom. The van der Waals surface area contributed by atoms with E-state index in [1.807, 2.05) is 0 Å². The topological polar surface area (TPSA) is 8.17 Å². The SMILES string of the molecule is CC(C)c1ccc(N(c2ccccc2)c2ccc(-c3ccc4c5ccccc5n(C(C)C)c4c3)cc2)cc1. The monoisotopic (exact) mass is 494 g/mol. The first kappa shape index (κ1) is 24.1. The predicted molar refractivity (Wildman–Crippen MR) is 164 cm³/mol. The molecule has 0 saturated carbocycles. The zero-order chi connectivity index (χ0) is 26.2. The molecular formula is C36H34N2. The molecule has 0 spiro atoms. The quantitative estimate of drug-likeness (QED) is 0.223. The lowest BCUT2D eigenvalue weighted by molar-refractivity contribution is 0.642. The van der Waals surface area contributed by atoms with Gasteiger partial charge in [-0.15, -0.1) is 0 Å². The average Bonchev–Trinajstić information content (AvgIpc) is 3.28. The number of anilines is 3. The third-order valence-corrected chi connectivity index (χ3v) is 7.52. The Morgan fingerprint density at radius 1 is 0.500 bits per heavy atom. The van der Waals surface area contributed by atoms with Crippen LogP contribution in [0, 0.1) is 0 Å². The van der Waals surface area contributed by atoms with Crippen molar-refractivity contribution in [1.82, 2.24) is 4.57 Å². The first-order valence-electron chi connectivity index (χ1n) is 13.6. The van der Waals surface area contributed by atoms with Gasteiger partial charge in [-0.3, -0.25) is 0 Å². The van der Waals surface area contributed by atoms with Crippen LogP contribution in [0.3, 0.4) is 0 Å². The Bertz CT molecular complexity index is 1690. The second-order valence-corrected chi connectivity index (χ2v) is 10.7. The van der Waals surface area contributed by atoms with Crippen molar-refractivity contribution in [2.45, 2.75) is 39.7 Å². The molecule has 38 heavy (non-hydrogen) atoms. The Morgan fingerprint density at radius 3 is 1.71 bits per heavy atom. The van der Waals surface area contributed by atoms with Crippen molar-refractivity contribution in [1.29, 1.82) is 0 Å². The molecule has 0 aliphatic heterocycles. The molecule has 1 aromatic heterocycles. The van der Waals surface area contributed by atoms with Crippen molar-refractivity contribution in [3.63, 3.8) is 0 Å². The van der Waals surface area contributed by atoms with Gasteiger partial charge in [0.2, 0.25) is 0 Å². The molecule has 0 fully saturated rings. The van der Waals surface area contributed by atoms with Gasteiger partial charge >= 0.3 is 0 Å². The summed E-state index contributed by atoms with van der Waals surface area (Å²) in [6, 6.07) is 44.5. The molecular weight excluding hydrogens is 460 g/mol. The van der Waals surface area contributed by atoms with E-state index in [4.69, 9.17) is 0 Å². The van der Waals surface area contributed by atoms with E-state index in [9.17, 15) is 0 Å². The van der Waals surface area contributed by atoms with Gasteiger partial charge in [0.15, 0.2) is 0 Å². The van der Waals surface area contributed by atoms with Gasteiger partial charge in [-0.05, 0) is 85.0 Å². The molecule has 0 aliphatic carbocycles. The maximum absolute atomic E-state index is 2.46. The van der Waals surface area contributed by atoms with Crippen LogP contribution in [0.5, 0.6) is 0 Å². The van der Waals surface area contributed by atoms with Gasteiger partial charge in [-0.1, -0.05) is 86.6 Å². The standard InChI is InChI=1S/C36H34N2/c1-25(2)27-14-19-31(20-15-27)38(30-10-6-5-7-11-30)32-21-16-28(17-22-32)29-18-23-34-33-12-8-9-13-35(33)37(26(3)4)36(34)24-29/h5-26H,1-4H3. The molecule has 0 saturated heterocycles. The minimum atomic E-state index is 0.386. The van der Waals surface area contributed by atoms with Crippen molar-refractivity contribution in [3.8, 4) is 11.1 Å². The summed E-state index contributed by atoms with van der Waals surface area (Å²) in [6.07, 6.45) is 0. The maximum atomic E-state index is 2.46. The minimum absolute atomic E-state index is 0.386. The van der Waals surface area contributed by atoms with Crippen molar-refractivity contribution in [2.24, 2.45) is 0 Å². The highest BCUT2D eigenvalue weighted by atomic mass is 15.1. The molecule has 0 unspecified atom stereocenters. The number of rotatable bonds is 6. The fraction of sp³-hybridized carbons (Fsp3) is 0.167. The summed E-state index contributed by atoms with van der Waals surface area (Å²) in [4.78, 5) is 2.33. The molecule has 0 amide bonds. The fourth-order valence-corrected chi connectivity index (χ4v) is 5.57. The molecule has 2 heteroatoms. The van der Waals surface area contributed by atoms with E-state index < -0.39 is 0 Å². The molecule has 0 radical (unpaired) electrons. The van der Waals surface area contributed by atoms with E-state index in [0.717, 1.165) is 17.1 Å². The van der Waals surface area contributed by atoms with E-state index in [-0.39, 0.29) is 0 Å². The Hall–Kier alpha value is -4.30. The highest BCUT2D eigenvalue weighted by molar-refractivity contribution is 6.09. The van der Waals surface area contributed by atoms with Crippen molar-refractivity contribution < 1.29 is 0 Å². The summed E-state index contributed by atoms with van der Waals surface area (Å²) in [5.74, 6) is 0.514. The van der Waals surface area contributed by atoms with E-state index >= 15 is 0 Å². The zero-order valence-electron chi connectivity index (χ0n) is 22.6. The Kier molecular flexibility index (Phi) is 6.25. The van der Waals surface area contributed by atoms with Crippen molar-refractivity contribution in [3.05, 3.63) is 127 Å². The van der Waals surface area contributed by atoms with Crippen LogP contribution in [-0.2, 0) is 0 Å². The van der Waals surface area contributed by atoms with Crippen LogP contribution in [0.25, 0.3) is 32.9 Å². The van der Waals surface area contributed by atoms with Crippen LogP contribution in [0.4, 0.5) is 17.1 Å². The Balaban J connectivity index is 1.41. The van der Waals surface area contributed by atoms with Crippen LogP contribution in [0.15, 0.2) is 121 Å². The third-order valence-electron chi connectivity index (χ3n) is 7.52. The first-order valence-corrected chi connectivity index (χ1v) is 13.6. The summed E-state index contributed by atoms with van der Waals surface area (Å²) in [5.41, 5.74) is 9.86. The highest BCUT2D eigenvalue weighted by Gasteiger charge is 2.15. The summed E-state index contributed by atoms with van der Waals surface area (Å²) in [5, 5.41) is 2.63. The predicted octanol–water partition coefficient (Wildman–Crippen LogP) is 10.6. The average molecular weight is 495 g/mol. The van der Waals surface area contributed by atoms with Gasteiger partial charge in [-0.2, -0.15) is 0 Å². The maximum Gasteiger partial charge on any atom is 0.0500 e. The number of benzene rings is 5. The van der Waals surface area contributed by atoms with Gasteiger partial charge in [0.05, 0.1) is 0 Å². The normalized spacial score (nSPS) is 11.6. The molecule has 2 nitrogen and oxygen atoms in total. The van der Waals surface area contributed by atoms with Crippen molar-refractivity contribution >= 4 is 38.9 Å². The highest BCUT2D eigenvalue weighted by Crippen LogP contribution is 2.38. The Labute approximate surface area is 225 Å².